The molecule has 0 aliphatic rings. The predicted octanol–water partition coefficient (Wildman–Crippen LogP) is 3.97. The number of aryl methyl sites for hydroxylation is 1. The van der Waals surface area contributed by atoms with Crippen LogP contribution < -0.4 is 4.74 Å². The number of ketones is 1. The number of benzene rings is 2. The molecule has 0 amide bonds. The van der Waals surface area contributed by atoms with Crippen molar-refractivity contribution in [3.63, 3.8) is 0 Å². The Balaban J connectivity index is 2.05. The molecule has 0 saturated carbocycles. The average Bonchev–Trinajstić information content (AvgIpc) is 2.54. The summed E-state index contributed by atoms with van der Waals surface area (Å²) in [5.41, 5.74) is 2.32. The highest BCUT2D eigenvalue weighted by atomic mass is 16.7. The summed E-state index contributed by atoms with van der Waals surface area (Å²) in [5.74, 6) is 0.0759. The molecule has 4 nitrogen and oxygen atoms in total. The zero-order chi connectivity index (χ0) is 16.7. The van der Waals surface area contributed by atoms with Crippen molar-refractivity contribution < 1.29 is 19.4 Å². The van der Waals surface area contributed by atoms with Gasteiger partial charge >= 0.3 is 0 Å². The second-order valence-corrected chi connectivity index (χ2v) is 5.04. The van der Waals surface area contributed by atoms with Crippen LogP contribution in [0.5, 0.6) is 11.5 Å². The highest BCUT2D eigenvalue weighted by Crippen LogP contribution is 2.24. The van der Waals surface area contributed by atoms with Crippen molar-refractivity contribution in [2.45, 2.75) is 13.8 Å². The molecule has 23 heavy (non-hydrogen) atoms. The van der Waals surface area contributed by atoms with E-state index < -0.39 is 0 Å². The van der Waals surface area contributed by atoms with Gasteiger partial charge in [0.2, 0.25) is 0 Å². The van der Waals surface area contributed by atoms with E-state index in [1.54, 1.807) is 18.2 Å². The molecule has 0 aliphatic carbocycles. The highest BCUT2D eigenvalue weighted by molar-refractivity contribution is 6.08. The van der Waals surface area contributed by atoms with Gasteiger partial charge in [-0.25, -0.2) is 0 Å². The summed E-state index contributed by atoms with van der Waals surface area (Å²) in [6.07, 6.45) is 3.17. The minimum atomic E-state index is -0.264. The van der Waals surface area contributed by atoms with Crippen molar-refractivity contribution in [3.8, 4) is 11.5 Å². The van der Waals surface area contributed by atoms with E-state index in [0.29, 0.717) is 12.4 Å². The van der Waals surface area contributed by atoms with Crippen molar-refractivity contribution in [2.75, 3.05) is 13.4 Å². The highest BCUT2D eigenvalue weighted by Gasteiger charge is 2.09. The number of carbonyl (C=O) groups excluding carboxylic acids is 1. The lowest BCUT2D eigenvalue weighted by atomic mass is 10.1. The van der Waals surface area contributed by atoms with E-state index in [1.165, 1.54) is 12.1 Å². The van der Waals surface area contributed by atoms with Gasteiger partial charge in [0.05, 0.1) is 5.56 Å². The zero-order valence-corrected chi connectivity index (χ0v) is 13.3. The van der Waals surface area contributed by atoms with Crippen molar-refractivity contribution in [3.05, 3.63) is 65.2 Å². The third kappa shape index (κ3) is 4.97. The second-order valence-electron chi connectivity index (χ2n) is 5.04. The maximum Gasteiger partial charge on any atom is 0.189 e. The number of phenols is 1. The van der Waals surface area contributed by atoms with Gasteiger partial charge in [0.1, 0.15) is 11.5 Å². The topological polar surface area (TPSA) is 55.8 Å². The van der Waals surface area contributed by atoms with Crippen LogP contribution in [0.4, 0.5) is 0 Å². The predicted molar refractivity (Wildman–Crippen MR) is 89.8 cm³/mol. The van der Waals surface area contributed by atoms with Gasteiger partial charge in [-0.05, 0) is 37.6 Å². The SMILES string of the molecule is CCOCOc1ccc(C(=O)/C=C/c2ccc(C)cc2)c(O)c1. The van der Waals surface area contributed by atoms with Crippen LogP contribution in [0.2, 0.25) is 0 Å². The van der Waals surface area contributed by atoms with Crippen LogP contribution in [-0.4, -0.2) is 24.3 Å². The largest absolute Gasteiger partial charge is 0.507 e. The molecule has 0 fully saturated rings. The Bertz CT molecular complexity index is 687. The first-order valence-electron chi connectivity index (χ1n) is 7.43. The minimum Gasteiger partial charge on any atom is -0.507 e. The molecule has 0 radical (unpaired) electrons. The molecule has 0 atom stereocenters. The lowest BCUT2D eigenvalue weighted by Gasteiger charge is -2.07. The third-order valence-electron chi connectivity index (χ3n) is 3.25. The quantitative estimate of drug-likeness (QED) is 0.364. The standard InChI is InChI=1S/C19H20O4/c1-3-22-13-23-16-9-10-17(19(21)12-16)18(20)11-8-15-6-4-14(2)5-7-15/h4-12,21H,3,13H2,1-2H3/b11-8+. The molecule has 0 spiro atoms. The van der Waals surface area contributed by atoms with Crippen molar-refractivity contribution >= 4 is 11.9 Å². The number of carbonyl (C=O) groups is 1. The Morgan fingerprint density at radius 1 is 1.17 bits per heavy atom. The van der Waals surface area contributed by atoms with Crippen LogP contribution in [0.25, 0.3) is 6.08 Å². The first-order chi connectivity index (χ1) is 11.1. The van der Waals surface area contributed by atoms with Crippen LogP contribution in [0.15, 0.2) is 48.5 Å². The third-order valence-corrected chi connectivity index (χ3v) is 3.25. The van der Waals surface area contributed by atoms with E-state index in [2.05, 4.69) is 0 Å². The molecular weight excluding hydrogens is 292 g/mol. The van der Waals surface area contributed by atoms with Gasteiger partial charge < -0.3 is 14.6 Å². The van der Waals surface area contributed by atoms with Gasteiger partial charge in [-0.1, -0.05) is 35.9 Å². The average molecular weight is 312 g/mol. The van der Waals surface area contributed by atoms with Crippen LogP contribution in [0.3, 0.4) is 0 Å². The fourth-order valence-electron chi connectivity index (χ4n) is 1.94. The lowest BCUT2D eigenvalue weighted by molar-refractivity contribution is 0.0223. The molecule has 0 saturated heterocycles. The van der Waals surface area contributed by atoms with E-state index in [9.17, 15) is 9.90 Å². The molecule has 0 aliphatic heterocycles. The molecule has 1 N–H and O–H groups in total. The number of aromatic hydroxyl groups is 1. The molecular formula is C19H20O4. The number of rotatable bonds is 7. The molecule has 0 bridgehead atoms. The summed E-state index contributed by atoms with van der Waals surface area (Å²) in [6, 6.07) is 12.4. The van der Waals surface area contributed by atoms with Crippen LogP contribution in [0, 0.1) is 6.92 Å². The molecule has 4 heteroatoms. The number of ether oxygens (including phenoxy) is 2. The number of phenolic OH excluding ortho intramolecular Hbond substituents is 1. The Labute approximate surface area is 136 Å². The Hall–Kier alpha value is -2.59. The molecule has 0 heterocycles. The smallest absolute Gasteiger partial charge is 0.189 e. The molecule has 2 aromatic carbocycles. The van der Waals surface area contributed by atoms with E-state index in [0.717, 1.165) is 11.1 Å². The van der Waals surface area contributed by atoms with E-state index in [-0.39, 0.29) is 23.9 Å². The van der Waals surface area contributed by atoms with Crippen molar-refractivity contribution in [1.82, 2.24) is 0 Å². The first kappa shape index (κ1) is 16.8. The van der Waals surface area contributed by atoms with E-state index in [1.807, 2.05) is 38.1 Å². The Morgan fingerprint density at radius 2 is 1.91 bits per heavy atom. The Kier molecular flexibility index (Phi) is 5.94. The van der Waals surface area contributed by atoms with Gasteiger partial charge in [0.25, 0.3) is 0 Å². The molecule has 120 valence electrons. The number of hydrogen-bond acceptors (Lipinski definition) is 4. The van der Waals surface area contributed by atoms with Gasteiger partial charge in [0, 0.05) is 12.7 Å². The fourth-order valence-corrected chi connectivity index (χ4v) is 1.94. The van der Waals surface area contributed by atoms with E-state index in [4.69, 9.17) is 9.47 Å². The number of allylic oxidation sites excluding steroid dienone is 1. The summed E-state index contributed by atoms with van der Waals surface area (Å²) in [4.78, 5) is 12.2. The van der Waals surface area contributed by atoms with Gasteiger partial charge in [-0.3, -0.25) is 4.79 Å². The van der Waals surface area contributed by atoms with Crippen LogP contribution in [-0.2, 0) is 4.74 Å². The van der Waals surface area contributed by atoms with Crippen LogP contribution >= 0.6 is 0 Å². The zero-order valence-electron chi connectivity index (χ0n) is 13.3. The van der Waals surface area contributed by atoms with Gasteiger partial charge in [0.15, 0.2) is 12.6 Å². The summed E-state index contributed by atoms with van der Waals surface area (Å²) >= 11 is 0. The van der Waals surface area contributed by atoms with Crippen molar-refractivity contribution in [2.24, 2.45) is 0 Å². The maximum atomic E-state index is 12.2. The monoisotopic (exact) mass is 312 g/mol. The summed E-state index contributed by atoms with van der Waals surface area (Å²) in [6.45, 7) is 4.53. The van der Waals surface area contributed by atoms with Crippen LogP contribution in [0.1, 0.15) is 28.4 Å². The summed E-state index contributed by atoms with van der Waals surface area (Å²) < 4.78 is 10.4. The Morgan fingerprint density at radius 3 is 2.57 bits per heavy atom. The summed E-state index contributed by atoms with van der Waals surface area (Å²) in [5, 5.41) is 9.98. The molecule has 2 aromatic rings. The first-order valence-corrected chi connectivity index (χ1v) is 7.43. The maximum absolute atomic E-state index is 12.2. The van der Waals surface area contributed by atoms with Gasteiger partial charge in [-0.2, -0.15) is 0 Å². The molecule has 2 rings (SSSR count). The molecule has 0 aromatic heterocycles. The second kappa shape index (κ2) is 8.15. The van der Waals surface area contributed by atoms with E-state index >= 15 is 0 Å². The van der Waals surface area contributed by atoms with Gasteiger partial charge in [-0.15, -0.1) is 0 Å². The minimum absolute atomic E-state index is 0.108. The number of hydrogen-bond donors (Lipinski definition) is 1. The lowest BCUT2D eigenvalue weighted by Crippen LogP contribution is -2.02. The normalized spacial score (nSPS) is 10.9. The molecule has 0 unspecified atom stereocenters. The summed E-state index contributed by atoms with van der Waals surface area (Å²) in [7, 11) is 0. The fraction of sp³-hybridized carbons (Fsp3) is 0.211. The van der Waals surface area contributed by atoms with Crippen molar-refractivity contribution in [1.29, 1.82) is 0 Å².